The summed E-state index contributed by atoms with van der Waals surface area (Å²) < 4.78 is 11.3. The van der Waals surface area contributed by atoms with Crippen molar-refractivity contribution < 1.29 is 24.2 Å². The number of carboxylic acid groups (broad SMARTS) is 1. The van der Waals surface area contributed by atoms with Crippen molar-refractivity contribution in [3.8, 4) is 5.88 Å². The number of aliphatic carboxylic acids is 1. The van der Waals surface area contributed by atoms with E-state index in [4.69, 9.17) is 14.6 Å². The van der Waals surface area contributed by atoms with Crippen molar-refractivity contribution in [1.82, 2.24) is 9.88 Å². The van der Waals surface area contributed by atoms with Crippen LogP contribution in [0.3, 0.4) is 0 Å². The molecule has 0 bridgehead atoms. The van der Waals surface area contributed by atoms with Crippen LogP contribution in [0.5, 0.6) is 5.88 Å². The van der Waals surface area contributed by atoms with E-state index >= 15 is 0 Å². The molecular weight excluding hydrogens is 324 g/mol. The molecule has 1 atom stereocenters. The largest absolute Gasteiger partial charge is 0.481 e. The summed E-state index contributed by atoms with van der Waals surface area (Å²) in [4.78, 5) is 29.7. The highest BCUT2D eigenvalue weighted by Gasteiger charge is 2.30. The van der Waals surface area contributed by atoms with Gasteiger partial charge in [-0.05, 0) is 31.7 Å². The zero-order valence-electron chi connectivity index (χ0n) is 14.2. The van der Waals surface area contributed by atoms with E-state index in [1.165, 1.54) is 6.42 Å². The van der Waals surface area contributed by atoms with Gasteiger partial charge in [-0.25, -0.2) is 4.98 Å². The number of amides is 1. The standard InChI is InChI=1S/C18H24N2O5/c21-17(22)11-14-12-24-9-8-20(14)18(23)13-6-7-19-16(10-13)25-15-4-2-1-3-5-15/h6-7,10,14-15H,1-5,8-9,11-12H2,(H,21,22). The van der Waals surface area contributed by atoms with E-state index in [1.807, 2.05) is 0 Å². The zero-order valence-corrected chi connectivity index (χ0v) is 14.2. The quantitative estimate of drug-likeness (QED) is 0.877. The van der Waals surface area contributed by atoms with Crippen LogP contribution in [0, 0.1) is 0 Å². The van der Waals surface area contributed by atoms with E-state index in [0.717, 1.165) is 25.7 Å². The average molecular weight is 348 g/mol. The number of morpholine rings is 1. The molecule has 1 aliphatic carbocycles. The molecule has 1 amide bonds. The number of hydrogen-bond donors (Lipinski definition) is 1. The molecule has 0 aromatic carbocycles. The Morgan fingerprint density at radius 1 is 1.32 bits per heavy atom. The normalized spacial score (nSPS) is 21.8. The van der Waals surface area contributed by atoms with Gasteiger partial charge in [0, 0.05) is 24.4 Å². The molecule has 7 nitrogen and oxygen atoms in total. The van der Waals surface area contributed by atoms with E-state index in [2.05, 4.69) is 4.98 Å². The van der Waals surface area contributed by atoms with Crippen molar-refractivity contribution >= 4 is 11.9 Å². The molecule has 1 N–H and O–H groups in total. The van der Waals surface area contributed by atoms with Gasteiger partial charge in [0.2, 0.25) is 5.88 Å². The zero-order chi connectivity index (χ0) is 17.6. The van der Waals surface area contributed by atoms with Gasteiger partial charge in [0.1, 0.15) is 6.10 Å². The number of ether oxygens (including phenoxy) is 2. The van der Waals surface area contributed by atoms with Crippen molar-refractivity contribution in [3.63, 3.8) is 0 Å². The van der Waals surface area contributed by atoms with Gasteiger partial charge in [0.25, 0.3) is 5.91 Å². The lowest BCUT2D eigenvalue weighted by Gasteiger charge is -2.35. The highest BCUT2D eigenvalue weighted by molar-refractivity contribution is 5.95. The molecule has 1 saturated heterocycles. The number of carbonyl (C=O) groups is 2. The van der Waals surface area contributed by atoms with E-state index in [0.29, 0.717) is 24.6 Å². The Hall–Kier alpha value is -2.15. The van der Waals surface area contributed by atoms with Crippen molar-refractivity contribution in [2.75, 3.05) is 19.8 Å². The SMILES string of the molecule is O=C(O)CC1COCCN1C(=O)c1ccnc(OC2CCCCC2)c1. The third kappa shape index (κ3) is 4.69. The van der Waals surface area contributed by atoms with Crippen LogP contribution in [0.4, 0.5) is 0 Å². The third-order valence-electron chi connectivity index (χ3n) is 4.72. The van der Waals surface area contributed by atoms with Crippen molar-refractivity contribution in [2.24, 2.45) is 0 Å². The van der Waals surface area contributed by atoms with Crippen LogP contribution in [-0.4, -0.2) is 58.8 Å². The second-order valence-electron chi connectivity index (χ2n) is 6.59. The molecule has 2 aliphatic rings. The molecule has 1 aliphatic heterocycles. The van der Waals surface area contributed by atoms with Crippen LogP contribution in [0.15, 0.2) is 18.3 Å². The molecule has 25 heavy (non-hydrogen) atoms. The van der Waals surface area contributed by atoms with E-state index in [1.54, 1.807) is 23.2 Å². The Kier molecular flexibility index (Phi) is 5.86. The first-order valence-electron chi connectivity index (χ1n) is 8.86. The van der Waals surface area contributed by atoms with Crippen molar-refractivity contribution in [3.05, 3.63) is 23.9 Å². The maximum Gasteiger partial charge on any atom is 0.305 e. The Morgan fingerprint density at radius 3 is 2.88 bits per heavy atom. The van der Waals surface area contributed by atoms with Crippen LogP contribution in [-0.2, 0) is 9.53 Å². The molecular formula is C18H24N2O5. The van der Waals surface area contributed by atoms with Gasteiger partial charge in [-0.2, -0.15) is 0 Å². The fraction of sp³-hybridized carbons (Fsp3) is 0.611. The van der Waals surface area contributed by atoms with Crippen molar-refractivity contribution in [1.29, 1.82) is 0 Å². The Labute approximate surface area is 146 Å². The molecule has 1 aromatic rings. The number of hydrogen-bond acceptors (Lipinski definition) is 5. The molecule has 3 rings (SSSR count). The summed E-state index contributed by atoms with van der Waals surface area (Å²) >= 11 is 0. The number of carbonyl (C=O) groups excluding carboxylic acids is 1. The summed E-state index contributed by atoms with van der Waals surface area (Å²) in [6.45, 7) is 1.05. The van der Waals surface area contributed by atoms with Crippen LogP contribution < -0.4 is 4.74 Å². The second kappa shape index (κ2) is 8.29. The van der Waals surface area contributed by atoms with E-state index < -0.39 is 12.0 Å². The molecule has 0 radical (unpaired) electrons. The third-order valence-corrected chi connectivity index (χ3v) is 4.72. The van der Waals surface area contributed by atoms with Gasteiger partial charge in [0.15, 0.2) is 0 Å². The lowest BCUT2D eigenvalue weighted by atomic mass is 9.98. The lowest BCUT2D eigenvalue weighted by Crippen LogP contribution is -2.49. The van der Waals surface area contributed by atoms with E-state index in [9.17, 15) is 9.59 Å². The topological polar surface area (TPSA) is 89.0 Å². The number of carboxylic acids is 1. The molecule has 7 heteroatoms. The predicted octanol–water partition coefficient (Wildman–Crippen LogP) is 2.11. The van der Waals surface area contributed by atoms with Crippen LogP contribution >= 0.6 is 0 Å². The summed E-state index contributed by atoms with van der Waals surface area (Å²) in [5.41, 5.74) is 0.470. The fourth-order valence-corrected chi connectivity index (χ4v) is 3.42. The molecule has 1 aromatic heterocycles. The summed E-state index contributed by atoms with van der Waals surface area (Å²) in [6, 6.07) is 2.85. The first kappa shape index (κ1) is 17.7. The molecule has 0 spiro atoms. The molecule has 1 saturated carbocycles. The molecule has 1 unspecified atom stereocenters. The van der Waals surface area contributed by atoms with Gasteiger partial charge in [0.05, 0.1) is 25.7 Å². The minimum Gasteiger partial charge on any atom is -0.481 e. The maximum atomic E-state index is 12.8. The number of rotatable bonds is 5. The van der Waals surface area contributed by atoms with Gasteiger partial charge in [-0.1, -0.05) is 6.42 Å². The van der Waals surface area contributed by atoms with Crippen LogP contribution in [0.1, 0.15) is 48.9 Å². The smallest absolute Gasteiger partial charge is 0.305 e. The van der Waals surface area contributed by atoms with Gasteiger partial charge >= 0.3 is 5.97 Å². The first-order valence-corrected chi connectivity index (χ1v) is 8.86. The molecule has 2 heterocycles. The highest BCUT2D eigenvalue weighted by atomic mass is 16.5. The predicted molar refractivity (Wildman–Crippen MR) is 89.6 cm³/mol. The minimum atomic E-state index is -0.940. The molecule has 2 fully saturated rings. The monoisotopic (exact) mass is 348 g/mol. The summed E-state index contributed by atoms with van der Waals surface area (Å²) in [6.07, 6.45) is 7.21. The summed E-state index contributed by atoms with van der Waals surface area (Å²) in [7, 11) is 0. The van der Waals surface area contributed by atoms with Crippen LogP contribution in [0.25, 0.3) is 0 Å². The average Bonchev–Trinajstić information content (AvgIpc) is 2.62. The maximum absolute atomic E-state index is 12.8. The molecule has 136 valence electrons. The number of pyridine rings is 1. The van der Waals surface area contributed by atoms with Gasteiger partial charge in [-0.3, -0.25) is 9.59 Å². The Balaban J connectivity index is 1.70. The second-order valence-corrected chi connectivity index (χ2v) is 6.59. The van der Waals surface area contributed by atoms with Gasteiger partial charge < -0.3 is 19.5 Å². The van der Waals surface area contributed by atoms with E-state index in [-0.39, 0.29) is 25.0 Å². The van der Waals surface area contributed by atoms with Crippen molar-refractivity contribution in [2.45, 2.75) is 50.7 Å². The Morgan fingerprint density at radius 2 is 2.12 bits per heavy atom. The van der Waals surface area contributed by atoms with Gasteiger partial charge in [-0.15, -0.1) is 0 Å². The number of nitrogens with zero attached hydrogens (tertiary/aromatic N) is 2. The lowest BCUT2D eigenvalue weighted by molar-refractivity contribution is -0.139. The minimum absolute atomic E-state index is 0.123. The number of aromatic nitrogens is 1. The summed E-state index contributed by atoms with van der Waals surface area (Å²) in [5.74, 6) is -0.685. The van der Waals surface area contributed by atoms with Crippen LogP contribution in [0.2, 0.25) is 0 Å². The summed E-state index contributed by atoms with van der Waals surface area (Å²) in [5, 5.41) is 9.04. The Bertz CT molecular complexity index is 615. The first-order chi connectivity index (χ1) is 12.1. The highest BCUT2D eigenvalue weighted by Crippen LogP contribution is 2.23. The fourth-order valence-electron chi connectivity index (χ4n) is 3.42.